The summed E-state index contributed by atoms with van der Waals surface area (Å²) in [4.78, 5) is 24.5. The Morgan fingerprint density at radius 3 is 2.89 bits per heavy atom. The van der Waals surface area contributed by atoms with Crippen LogP contribution in [0.25, 0.3) is 0 Å². The van der Waals surface area contributed by atoms with Crippen molar-refractivity contribution in [1.29, 1.82) is 0 Å². The molecule has 2 rings (SSSR count). The Morgan fingerprint density at radius 1 is 1.50 bits per heavy atom. The molecule has 1 N–H and O–H groups in total. The highest BCUT2D eigenvalue weighted by atomic mass is 35.5. The van der Waals surface area contributed by atoms with E-state index in [0.29, 0.717) is 10.6 Å². The average Bonchev–Trinajstić information content (AvgIpc) is 2.29. The third kappa shape index (κ3) is 2.61. The lowest BCUT2D eigenvalue weighted by molar-refractivity contribution is -0.144. The number of carbonyl (C=O) groups is 2. The lowest BCUT2D eigenvalue weighted by Gasteiger charge is -2.30. The Labute approximate surface area is 109 Å². The molecule has 1 heterocycles. The fourth-order valence-electron chi connectivity index (χ4n) is 1.86. The molecule has 2 amide bonds. The van der Waals surface area contributed by atoms with E-state index >= 15 is 0 Å². The Balaban J connectivity index is 2.17. The fourth-order valence-corrected chi connectivity index (χ4v) is 2.02. The van der Waals surface area contributed by atoms with Crippen molar-refractivity contribution in [3.05, 3.63) is 34.6 Å². The molecular formula is C12H12ClFN2O2. The van der Waals surface area contributed by atoms with E-state index < -0.39 is 11.9 Å². The van der Waals surface area contributed by atoms with Crippen LogP contribution < -0.4 is 5.32 Å². The number of nitrogens with one attached hydrogen (secondary N) is 1. The number of carbonyl (C=O) groups excluding carboxylic acids is 2. The van der Waals surface area contributed by atoms with E-state index in [1.807, 2.05) is 0 Å². The molecule has 1 atom stereocenters. The van der Waals surface area contributed by atoms with Gasteiger partial charge in [0.15, 0.2) is 0 Å². The molecule has 0 saturated carbocycles. The summed E-state index contributed by atoms with van der Waals surface area (Å²) < 4.78 is 13.6. The van der Waals surface area contributed by atoms with Gasteiger partial charge in [-0.05, 0) is 19.1 Å². The monoisotopic (exact) mass is 270 g/mol. The molecule has 0 spiro atoms. The second kappa shape index (κ2) is 4.94. The van der Waals surface area contributed by atoms with E-state index in [2.05, 4.69) is 5.32 Å². The summed E-state index contributed by atoms with van der Waals surface area (Å²) in [5.74, 6) is -0.936. The van der Waals surface area contributed by atoms with E-state index in [0.717, 1.165) is 0 Å². The van der Waals surface area contributed by atoms with Crippen molar-refractivity contribution < 1.29 is 14.0 Å². The first-order valence-electron chi connectivity index (χ1n) is 5.49. The molecule has 96 valence electrons. The standard InChI is InChI=1S/C12H12ClFN2O2/c1-7-12(18)16(6-11(17)15-7)5-8-2-3-9(13)4-10(8)14/h2-4,7H,5-6H2,1H3,(H,15,17). The maximum Gasteiger partial charge on any atom is 0.245 e. The van der Waals surface area contributed by atoms with E-state index in [1.54, 1.807) is 13.0 Å². The van der Waals surface area contributed by atoms with Gasteiger partial charge in [-0.3, -0.25) is 9.59 Å². The molecule has 1 saturated heterocycles. The van der Waals surface area contributed by atoms with Crippen LogP contribution in [-0.4, -0.2) is 29.3 Å². The quantitative estimate of drug-likeness (QED) is 0.881. The van der Waals surface area contributed by atoms with Gasteiger partial charge in [0, 0.05) is 17.1 Å². The number of rotatable bonds is 2. The Bertz CT molecular complexity index is 507. The highest BCUT2D eigenvalue weighted by Crippen LogP contribution is 2.17. The Kier molecular flexibility index (Phi) is 3.52. The molecule has 1 aromatic carbocycles. The maximum atomic E-state index is 13.6. The number of hydrogen-bond acceptors (Lipinski definition) is 2. The van der Waals surface area contributed by atoms with E-state index in [1.165, 1.54) is 17.0 Å². The molecular weight excluding hydrogens is 259 g/mol. The number of piperazine rings is 1. The van der Waals surface area contributed by atoms with Gasteiger partial charge in [0.25, 0.3) is 0 Å². The predicted octanol–water partition coefficient (Wildman–Crippen LogP) is 1.33. The van der Waals surface area contributed by atoms with Crippen molar-refractivity contribution in [3.63, 3.8) is 0 Å². The van der Waals surface area contributed by atoms with Crippen molar-refractivity contribution in [2.24, 2.45) is 0 Å². The van der Waals surface area contributed by atoms with E-state index in [4.69, 9.17) is 11.6 Å². The van der Waals surface area contributed by atoms with Crippen molar-refractivity contribution in [2.75, 3.05) is 6.54 Å². The number of nitrogens with zero attached hydrogens (tertiary/aromatic N) is 1. The lowest BCUT2D eigenvalue weighted by Crippen LogP contribution is -2.56. The van der Waals surface area contributed by atoms with Gasteiger partial charge in [-0.2, -0.15) is 0 Å². The Hall–Kier alpha value is -1.62. The lowest BCUT2D eigenvalue weighted by atomic mass is 10.1. The van der Waals surface area contributed by atoms with Crippen LogP contribution in [-0.2, 0) is 16.1 Å². The third-order valence-corrected chi connectivity index (χ3v) is 3.01. The molecule has 1 aliphatic rings. The summed E-state index contributed by atoms with van der Waals surface area (Å²) >= 11 is 5.65. The minimum atomic E-state index is -0.568. The second-order valence-electron chi connectivity index (χ2n) is 4.22. The van der Waals surface area contributed by atoms with E-state index in [-0.39, 0.29) is 24.9 Å². The van der Waals surface area contributed by atoms with Gasteiger partial charge in [-0.15, -0.1) is 0 Å². The molecule has 1 unspecified atom stereocenters. The molecule has 6 heteroatoms. The summed E-state index contributed by atoms with van der Waals surface area (Å²) in [5.41, 5.74) is 0.342. The molecule has 0 radical (unpaired) electrons. The van der Waals surface area contributed by atoms with Gasteiger partial charge in [-0.1, -0.05) is 17.7 Å². The predicted molar refractivity (Wildman–Crippen MR) is 64.4 cm³/mol. The summed E-state index contributed by atoms with van der Waals surface area (Å²) in [6, 6.07) is 3.69. The van der Waals surface area contributed by atoms with Crippen LogP contribution in [0.1, 0.15) is 12.5 Å². The SMILES string of the molecule is CC1NC(=O)CN(Cc2ccc(Cl)cc2F)C1=O. The first-order chi connectivity index (χ1) is 8.47. The summed E-state index contributed by atoms with van der Waals surface area (Å²) in [6.07, 6.45) is 0. The van der Waals surface area contributed by atoms with Crippen LogP contribution in [0, 0.1) is 5.82 Å². The minimum Gasteiger partial charge on any atom is -0.343 e. The van der Waals surface area contributed by atoms with E-state index in [9.17, 15) is 14.0 Å². The molecule has 0 aliphatic carbocycles. The van der Waals surface area contributed by atoms with Crippen LogP contribution >= 0.6 is 11.6 Å². The number of halogens is 2. The van der Waals surface area contributed by atoms with Crippen LogP contribution in [0.15, 0.2) is 18.2 Å². The molecule has 1 aromatic rings. The van der Waals surface area contributed by atoms with Crippen LogP contribution in [0.5, 0.6) is 0 Å². The van der Waals surface area contributed by atoms with Crippen molar-refractivity contribution in [2.45, 2.75) is 19.5 Å². The molecule has 0 aromatic heterocycles. The van der Waals surface area contributed by atoms with Gasteiger partial charge < -0.3 is 10.2 Å². The summed E-state index contributed by atoms with van der Waals surface area (Å²) in [6.45, 7) is 1.62. The fraction of sp³-hybridized carbons (Fsp3) is 0.333. The third-order valence-electron chi connectivity index (χ3n) is 2.77. The molecule has 4 nitrogen and oxygen atoms in total. The van der Waals surface area contributed by atoms with Gasteiger partial charge in [0.05, 0.1) is 6.54 Å². The number of amides is 2. The zero-order valence-electron chi connectivity index (χ0n) is 9.74. The summed E-state index contributed by atoms with van der Waals surface area (Å²) in [7, 11) is 0. The second-order valence-corrected chi connectivity index (χ2v) is 4.66. The zero-order chi connectivity index (χ0) is 13.3. The molecule has 1 fully saturated rings. The first kappa shape index (κ1) is 12.8. The molecule has 1 aliphatic heterocycles. The summed E-state index contributed by atoms with van der Waals surface area (Å²) in [5, 5.41) is 2.82. The van der Waals surface area contributed by atoms with Gasteiger partial charge in [0.2, 0.25) is 11.8 Å². The minimum absolute atomic E-state index is 0.0504. The topological polar surface area (TPSA) is 49.4 Å². The highest BCUT2D eigenvalue weighted by Gasteiger charge is 2.29. The molecule has 0 bridgehead atoms. The van der Waals surface area contributed by atoms with Crippen LogP contribution in [0.2, 0.25) is 5.02 Å². The number of hydrogen-bond donors (Lipinski definition) is 1. The van der Waals surface area contributed by atoms with Crippen molar-refractivity contribution in [3.8, 4) is 0 Å². The maximum absolute atomic E-state index is 13.6. The number of benzene rings is 1. The largest absolute Gasteiger partial charge is 0.343 e. The highest BCUT2D eigenvalue weighted by molar-refractivity contribution is 6.30. The van der Waals surface area contributed by atoms with Crippen molar-refractivity contribution in [1.82, 2.24) is 10.2 Å². The zero-order valence-corrected chi connectivity index (χ0v) is 10.5. The normalized spacial score (nSPS) is 19.9. The van der Waals surface area contributed by atoms with Crippen LogP contribution in [0.3, 0.4) is 0 Å². The van der Waals surface area contributed by atoms with Gasteiger partial charge in [-0.25, -0.2) is 4.39 Å². The smallest absolute Gasteiger partial charge is 0.245 e. The first-order valence-corrected chi connectivity index (χ1v) is 5.87. The van der Waals surface area contributed by atoms with Gasteiger partial charge >= 0.3 is 0 Å². The van der Waals surface area contributed by atoms with Crippen LogP contribution in [0.4, 0.5) is 4.39 Å². The average molecular weight is 271 g/mol. The molecule has 18 heavy (non-hydrogen) atoms. The van der Waals surface area contributed by atoms with Crippen molar-refractivity contribution >= 4 is 23.4 Å². The van der Waals surface area contributed by atoms with Gasteiger partial charge in [0.1, 0.15) is 11.9 Å². The Morgan fingerprint density at radius 2 is 2.22 bits per heavy atom.